The molecule has 2 amide bonds. The number of hydrogen-bond donors (Lipinski definition) is 1. The van der Waals surface area contributed by atoms with E-state index in [2.05, 4.69) is 26.2 Å². The van der Waals surface area contributed by atoms with Crippen molar-refractivity contribution in [2.24, 2.45) is 5.92 Å². The number of amides is 2. The molecule has 1 aliphatic heterocycles. The van der Waals surface area contributed by atoms with Crippen LogP contribution >= 0.6 is 27.3 Å². The first-order valence-corrected chi connectivity index (χ1v) is 10.1. The first-order valence-electron chi connectivity index (χ1n) is 8.47. The van der Waals surface area contributed by atoms with Crippen LogP contribution in [0.25, 0.3) is 10.6 Å². The fraction of sp³-hybridized carbons (Fsp3) is 0.150. The Morgan fingerprint density at radius 2 is 2.04 bits per heavy atom. The first-order chi connectivity index (χ1) is 13.1. The molecule has 0 aliphatic carbocycles. The van der Waals surface area contributed by atoms with Crippen LogP contribution in [0.5, 0.6) is 0 Å². The molecule has 1 aromatic heterocycles. The second kappa shape index (κ2) is 7.62. The van der Waals surface area contributed by atoms with Crippen LogP contribution in [0.2, 0.25) is 0 Å². The Balaban J connectivity index is 1.42. The molecule has 3 aromatic rings. The highest BCUT2D eigenvalue weighted by Gasteiger charge is 2.35. The molecule has 2 aromatic carbocycles. The zero-order chi connectivity index (χ0) is 18.8. The Hall–Kier alpha value is -2.51. The summed E-state index contributed by atoms with van der Waals surface area (Å²) < 4.78 is 0.904. The smallest absolute Gasteiger partial charge is 0.229 e. The van der Waals surface area contributed by atoms with Crippen molar-refractivity contribution in [3.63, 3.8) is 0 Å². The van der Waals surface area contributed by atoms with Crippen molar-refractivity contribution in [1.29, 1.82) is 0 Å². The van der Waals surface area contributed by atoms with Gasteiger partial charge in [-0.05, 0) is 42.5 Å². The fourth-order valence-electron chi connectivity index (χ4n) is 3.08. The summed E-state index contributed by atoms with van der Waals surface area (Å²) >= 11 is 4.99. The maximum absolute atomic E-state index is 12.6. The molecule has 1 N–H and O–H groups in total. The van der Waals surface area contributed by atoms with Crippen molar-refractivity contribution < 1.29 is 9.59 Å². The molecule has 5 nitrogen and oxygen atoms in total. The van der Waals surface area contributed by atoms with E-state index in [9.17, 15) is 9.59 Å². The number of rotatable bonds is 4. The summed E-state index contributed by atoms with van der Waals surface area (Å²) in [6, 6.07) is 15.1. The molecular weight excluding hydrogens is 426 g/mol. The van der Waals surface area contributed by atoms with Crippen molar-refractivity contribution in [2.45, 2.75) is 6.42 Å². The van der Waals surface area contributed by atoms with Crippen LogP contribution in [-0.2, 0) is 9.59 Å². The third kappa shape index (κ3) is 3.94. The molecule has 0 saturated carbocycles. The number of aromatic nitrogens is 1. The van der Waals surface area contributed by atoms with Crippen LogP contribution in [0, 0.1) is 5.92 Å². The minimum Gasteiger partial charge on any atom is -0.326 e. The molecular formula is C20H16BrN3O2S. The molecule has 0 spiro atoms. The predicted octanol–water partition coefficient (Wildman–Crippen LogP) is 4.56. The Morgan fingerprint density at radius 3 is 2.74 bits per heavy atom. The molecule has 0 radical (unpaired) electrons. The molecule has 136 valence electrons. The van der Waals surface area contributed by atoms with E-state index >= 15 is 0 Å². The lowest BCUT2D eigenvalue weighted by Crippen LogP contribution is -2.28. The number of nitrogens with zero attached hydrogens (tertiary/aromatic N) is 2. The maximum Gasteiger partial charge on any atom is 0.229 e. The fourth-order valence-corrected chi connectivity index (χ4v) is 4.11. The highest BCUT2D eigenvalue weighted by atomic mass is 79.9. The van der Waals surface area contributed by atoms with Gasteiger partial charge in [-0.25, -0.2) is 4.98 Å². The van der Waals surface area contributed by atoms with Gasteiger partial charge in [-0.2, -0.15) is 0 Å². The van der Waals surface area contributed by atoms with E-state index in [0.717, 1.165) is 20.7 Å². The van der Waals surface area contributed by atoms with Crippen molar-refractivity contribution >= 4 is 50.5 Å². The highest BCUT2D eigenvalue weighted by Crippen LogP contribution is 2.28. The zero-order valence-electron chi connectivity index (χ0n) is 14.3. The number of benzene rings is 2. The normalized spacial score (nSPS) is 16.6. The second-order valence-electron chi connectivity index (χ2n) is 6.29. The molecule has 4 rings (SSSR count). The van der Waals surface area contributed by atoms with Gasteiger partial charge < -0.3 is 10.2 Å². The lowest BCUT2D eigenvalue weighted by Gasteiger charge is -2.17. The number of anilines is 2. The summed E-state index contributed by atoms with van der Waals surface area (Å²) in [4.78, 5) is 30.9. The highest BCUT2D eigenvalue weighted by molar-refractivity contribution is 9.10. The molecule has 7 heteroatoms. The predicted molar refractivity (Wildman–Crippen MR) is 111 cm³/mol. The second-order valence-corrected chi connectivity index (χ2v) is 8.10. The number of hydrogen-bond acceptors (Lipinski definition) is 4. The van der Waals surface area contributed by atoms with Gasteiger partial charge in [-0.15, -0.1) is 11.3 Å². The van der Waals surface area contributed by atoms with Gasteiger partial charge in [-0.1, -0.05) is 22.0 Å². The average molecular weight is 442 g/mol. The number of halogens is 1. The van der Waals surface area contributed by atoms with Gasteiger partial charge in [0.2, 0.25) is 11.8 Å². The molecule has 1 unspecified atom stereocenters. The summed E-state index contributed by atoms with van der Waals surface area (Å²) in [5, 5.41) is 5.79. The van der Waals surface area contributed by atoms with E-state index in [0.29, 0.717) is 12.2 Å². The van der Waals surface area contributed by atoms with Gasteiger partial charge in [0.15, 0.2) is 0 Å². The summed E-state index contributed by atoms with van der Waals surface area (Å²) in [5.74, 6) is -0.537. The topological polar surface area (TPSA) is 62.3 Å². The SMILES string of the molecule is O=C(Nc1ccc(-c2nccs2)cc1)C1CC(=O)N(c2cccc(Br)c2)C1. The van der Waals surface area contributed by atoms with E-state index in [4.69, 9.17) is 0 Å². The van der Waals surface area contributed by atoms with Crippen LogP contribution < -0.4 is 10.2 Å². The van der Waals surface area contributed by atoms with Crippen LogP contribution in [0.4, 0.5) is 11.4 Å². The summed E-state index contributed by atoms with van der Waals surface area (Å²) in [7, 11) is 0. The Kier molecular flexibility index (Phi) is 5.05. The van der Waals surface area contributed by atoms with Crippen molar-refractivity contribution in [3.8, 4) is 10.6 Å². The van der Waals surface area contributed by atoms with Gasteiger partial charge in [0, 0.05) is 46.0 Å². The van der Waals surface area contributed by atoms with E-state index in [1.165, 1.54) is 0 Å². The molecule has 27 heavy (non-hydrogen) atoms. The van der Waals surface area contributed by atoms with Crippen LogP contribution in [0.1, 0.15) is 6.42 Å². The van der Waals surface area contributed by atoms with Gasteiger partial charge >= 0.3 is 0 Å². The zero-order valence-corrected chi connectivity index (χ0v) is 16.7. The lowest BCUT2D eigenvalue weighted by molar-refractivity contribution is -0.122. The maximum atomic E-state index is 12.6. The van der Waals surface area contributed by atoms with Gasteiger partial charge in [0.1, 0.15) is 5.01 Å². The van der Waals surface area contributed by atoms with Gasteiger partial charge in [0.25, 0.3) is 0 Å². The third-order valence-corrected chi connectivity index (χ3v) is 5.76. The third-order valence-electron chi connectivity index (χ3n) is 4.45. The van der Waals surface area contributed by atoms with E-state index in [1.54, 1.807) is 22.4 Å². The van der Waals surface area contributed by atoms with Crippen molar-refractivity contribution in [2.75, 3.05) is 16.8 Å². The van der Waals surface area contributed by atoms with Crippen LogP contribution in [-0.4, -0.2) is 23.3 Å². The van der Waals surface area contributed by atoms with Crippen LogP contribution in [0.3, 0.4) is 0 Å². The van der Waals surface area contributed by atoms with E-state index in [1.807, 2.05) is 53.9 Å². The monoisotopic (exact) mass is 441 g/mol. The summed E-state index contributed by atoms with van der Waals surface area (Å²) in [6.07, 6.45) is 1.99. The first kappa shape index (κ1) is 17.9. The Bertz CT molecular complexity index is 973. The minimum atomic E-state index is -0.366. The van der Waals surface area contributed by atoms with Crippen molar-refractivity contribution in [1.82, 2.24) is 4.98 Å². The average Bonchev–Trinajstić information content (AvgIpc) is 3.32. The summed E-state index contributed by atoms with van der Waals surface area (Å²) in [5.41, 5.74) is 2.53. The van der Waals surface area contributed by atoms with E-state index in [-0.39, 0.29) is 24.2 Å². The largest absolute Gasteiger partial charge is 0.326 e. The standard InChI is InChI=1S/C20H16BrN3O2S/c21-15-2-1-3-17(11-15)24-12-14(10-18(24)25)19(26)23-16-6-4-13(5-7-16)20-22-8-9-27-20/h1-9,11,14H,10,12H2,(H,23,26). The van der Waals surface area contributed by atoms with Gasteiger partial charge in [-0.3, -0.25) is 9.59 Å². The molecule has 1 aliphatic rings. The molecule has 2 heterocycles. The number of carbonyl (C=O) groups is 2. The van der Waals surface area contributed by atoms with Gasteiger partial charge in [0.05, 0.1) is 5.92 Å². The number of thiazole rings is 1. The number of nitrogens with one attached hydrogen (secondary N) is 1. The molecule has 1 saturated heterocycles. The summed E-state index contributed by atoms with van der Waals surface area (Å²) in [6.45, 7) is 0.387. The minimum absolute atomic E-state index is 0.0348. The van der Waals surface area contributed by atoms with E-state index < -0.39 is 0 Å². The number of carbonyl (C=O) groups excluding carboxylic acids is 2. The Labute approximate surface area is 169 Å². The quantitative estimate of drug-likeness (QED) is 0.644. The molecule has 1 atom stereocenters. The lowest BCUT2D eigenvalue weighted by atomic mass is 10.1. The molecule has 0 bridgehead atoms. The Morgan fingerprint density at radius 1 is 1.22 bits per heavy atom. The van der Waals surface area contributed by atoms with Crippen LogP contribution in [0.15, 0.2) is 64.6 Å². The van der Waals surface area contributed by atoms with Crippen molar-refractivity contribution in [3.05, 3.63) is 64.6 Å². The molecule has 1 fully saturated rings.